The van der Waals surface area contributed by atoms with Gasteiger partial charge in [0.15, 0.2) is 0 Å². The van der Waals surface area contributed by atoms with E-state index in [1.807, 2.05) is 42.5 Å². The molecule has 5 heteroatoms. The second-order valence-corrected chi connectivity index (χ2v) is 5.45. The molecule has 98 valence electrons. The molecule has 0 bridgehead atoms. The van der Waals surface area contributed by atoms with E-state index in [2.05, 4.69) is 9.67 Å². The molecule has 2 heterocycles. The van der Waals surface area contributed by atoms with Crippen LogP contribution in [0.3, 0.4) is 0 Å². The van der Waals surface area contributed by atoms with Crippen LogP contribution in [0.5, 0.6) is 0 Å². The average Bonchev–Trinajstić information content (AvgIpc) is 2.93. The lowest BCUT2D eigenvalue weighted by molar-refractivity contribution is 0.720. The highest BCUT2D eigenvalue weighted by Crippen LogP contribution is 2.28. The molecule has 0 saturated heterocycles. The Morgan fingerprint density at radius 2 is 2.11 bits per heavy atom. The Morgan fingerprint density at radius 1 is 1.26 bits per heavy atom. The van der Waals surface area contributed by atoms with E-state index >= 15 is 0 Å². The lowest BCUT2D eigenvalue weighted by Crippen LogP contribution is -1.99. The van der Waals surface area contributed by atoms with E-state index in [4.69, 9.17) is 23.2 Å². The van der Waals surface area contributed by atoms with Gasteiger partial charge >= 0.3 is 0 Å². The van der Waals surface area contributed by atoms with Crippen molar-refractivity contribution in [2.45, 2.75) is 13.0 Å². The summed E-state index contributed by atoms with van der Waals surface area (Å²) < 4.78 is 3.98. The maximum atomic E-state index is 6.19. The van der Waals surface area contributed by atoms with Crippen molar-refractivity contribution in [3.05, 3.63) is 52.4 Å². The van der Waals surface area contributed by atoms with Crippen LogP contribution in [0.25, 0.3) is 10.9 Å². The molecule has 0 amide bonds. The first-order valence-corrected chi connectivity index (χ1v) is 6.80. The number of rotatable bonds is 3. The molecular weight excluding hydrogens is 281 g/mol. The zero-order chi connectivity index (χ0) is 13.4. The highest BCUT2D eigenvalue weighted by molar-refractivity contribution is 6.38. The summed E-state index contributed by atoms with van der Waals surface area (Å²) in [6.07, 6.45) is 6.91. The van der Waals surface area contributed by atoms with E-state index in [-0.39, 0.29) is 0 Å². The van der Waals surface area contributed by atoms with Crippen molar-refractivity contribution in [3.8, 4) is 0 Å². The molecule has 3 nitrogen and oxygen atoms in total. The number of aryl methyl sites for hydroxylation is 3. The largest absolute Gasteiger partial charge is 0.347 e. The van der Waals surface area contributed by atoms with Gasteiger partial charge in [0.25, 0.3) is 0 Å². The van der Waals surface area contributed by atoms with Gasteiger partial charge in [-0.3, -0.25) is 4.68 Å². The van der Waals surface area contributed by atoms with Gasteiger partial charge in [-0.1, -0.05) is 23.2 Å². The topological polar surface area (TPSA) is 22.8 Å². The minimum absolute atomic E-state index is 0.666. The number of nitrogens with zero attached hydrogens (tertiary/aromatic N) is 3. The van der Waals surface area contributed by atoms with Crippen LogP contribution in [-0.4, -0.2) is 14.3 Å². The van der Waals surface area contributed by atoms with E-state index in [1.54, 1.807) is 6.07 Å². The van der Waals surface area contributed by atoms with Crippen LogP contribution in [0, 0.1) is 0 Å². The molecule has 0 unspecified atom stereocenters. The first-order chi connectivity index (χ1) is 9.13. The zero-order valence-electron chi connectivity index (χ0n) is 10.5. The van der Waals surface area contributed by atoms with Gasteiger partial charge in [-0.15, -0.1) is 0 Å². The third kappa shape index (κ3) is 2.48. The summed E-state index contributed by atoms with van der Waals surface area (Å²) in [6.45, 7) is 0.881. The zero-order valence-corrected chi connectivity index (χ0v) is 12.0. The second kappa shape index (κ2) is 4.91. The Hall–Kier alpha value is -1.45. The molecule has 0 atom stereocenters. The minimum Gasteiger partial charge on any atom is -0.347 e. The van der Waals surface area contributed by atoms with Gasteiger partial charge in [0.2, 0.25) is 0 Å². The summed E-state index contributed by atoms with van der Waals surface area (Å²) >= 11 is 12.2. The van der Waals surface area contributed by atoms with Gasteiger partial charge in [-0.05, 0) is 30.2 Å². The number of hydrogen-bond acceptors (Lipinski definition) is 1. The quantitative estimate of drug-likeness (QED) is 0.718. The number of halogens is 2. The van der Waals surface area contributed by atoms with Crippen LogP contribution < -0.4 is 0 Å². The van der Waals surface area contributed by atoms with Crippen molar-refractivity contribution in [1.82, 2.24) is 14.3 Å². The normalized spacial score (nSPS) is 11.3. The SMILES string of the molecule is Cn1cc(CCn2ccc3c(Cl)cc(Cl)cc32)cn1. The lowest BCUT2D eigenvalue weighted by Gasteiger charge is -2.05. The third-order valence-electron chi connectivity index (χ3n) is 3.20. The van der Waals surface area contributed by atoms with Crippen molar-refractivity contribution in [2.24, 2.45) is 7.05 Å². The molecule has 0 aliphatic rings. The van der Waals surface area contributed by atoms with Gasteiger partial charge in [0.05, 0.1) is 16.7 Å². The van der Waals surface area contributed by atoms with Crippen molar-refractivity contribution >= 4 is 34.1 Å². The van der Waals surface area contributed by atoms with E-state index in [0.717, 1.165) is 23.9 Å². The van der Waals surface area contributed by atoms with E-state index in [0.29, 0.717) is 10.0 Å². The van der Waals surface area contributed by atoms with Crippen LogP contribution in [0.2, 0.25) is 10.0 Å². The number of aromatic nitrogens is 3. The molecular formula is C14H13Cl2N3. The first-order valence-electron chi connectivity index (χ1n) is 6.05. The summed E-state index contributed by atoms with van der Waals surface area (Å²) in [5.74, 6) is 0. The molecule has 0 aliphatic heterocycles. The fourth-order valence-electron chi connectivity index (χ4n) is 2.26. The van der Waals surface area contributed by atoms with Crippen molar-refractivity contribution in [2.75, 3.05) is 0 Å². The summed E-state index contributed by atoms with van der Waals surface area (Å²) in [5, 5.41) is 6.57. The predicted octanol–water partition coefficient (Wildman–Crippen LogP) is 3.92. The molecule has 3 rings (SSSR count). The Kier molecular flexibility index (Phi) is 3.25. The average molecular weight is 294 g/mol. The van der Waals surface area contributed by atoms with Crippen molar-refractivity contribution in [1.29, 1.82) is 0 Å². The molecule has 3 aromatic rings. The van der Waals surface area contributed by atoms with Crippen LogP contribution in [0.1, 0.15) is 5.56 Å². The molecule has 0 N–H and O–H groups in total. The molecule has 0 spiro atoms. The Labute approximate surface area is 121 Å². The Balaban J connectivity index is 1.89. The number of hydrogen-bond donors (Lipinski definition) is 0. The molecule has 19 heavy (non-hydrogen) atoms. The third-order valence-corrected chi connectivity index (χ3v) is 3.73. The molecule has 0 radical (unpaired) electrons. The number of fused-ring (bicyclic) bond motifs is 1. The molecule has 0 fully saturated rings. The van der Waals surface area contributed by atoms with E-state index < -0.39 is 0 Å². The van der Waals surface area contributed by atoms with E-state index in [1.165, 1.54) is 5.56 Å². The highest BCUT2D eigenvalue weighted by Gasteiger charge is 2.07. The summed E-state index contributed by atoms with van der Waals surface area (Å²) in [6, 6.07) is 5.75. The van der Waals surface area contributed by atoms with Gasteiger partial charge in [-0.25, -0.2) is 0 Å². The Morgan fingerprint density at radius 3 is 2.84 bits per heavy atom. The van der Waals surface area contributed by atoms with Crippen LogP contribution >= 0.6 is 23.2 Å². The van der Waals surface area contributed by atoms with Crippen molar-refractivity contribution < 1.29 is 0 Å². The fraction of sp³-hybridized carbons (Fsp3) is 0.214. The first kappa shape index (κ1) is 12.6. The highest BCUT2D eigenvalue weighted by atomic mass is 35.5. The maximum Gasteiger partial charge on any atom is 0.0522 e. The molecule has 0 aliphatic carbocycles. The Bertz CT molecular complexity index is 727. The monoisotopic (exact) mass is 293 g/mol. The number of benzene rings is 1. The minimum atomic E-state index is 0.666. The molecule has 2 aromatic heterocycles. The molecule has 1 aromatic carbocycles. The maximum absolute atomic E-state index is 6.19. The van der Waals surface area contributed by atoms with Gasteiger partial charge in [-0.2, -0.15) is 5.10 Å². The van der Waals surface area contributed by atoms with Crippen LogP contribution in [-0.2, 0) is 20.0 Å². The summed E-state index contributed by atoms with van der Waals surface area (Å²) in [4.78, 5) is 0. The lowest BCUT2D eigenvalue weighted by atomic mass is 10.2. The van der Waals surface area contributed by atoms with Gasteiger partial charge in [0.1, 0.15) is 0 Å². The van der Waals surface area contributed by atoms with E-state index in [9.17, 15) is 0 Å². The van der Waals surface area contributed by atoms with Gasteiger partial charge < -0.3 is 4.57 Å². The summed E-state index contributed by atoms with van der Waals surface area (Å²) in [5.41, 5.74) is 2.29. The van der Waals surface area contributed by atoms with Gasteiger partial charge in [0, 0.05) is 36.4 Å². The summed E-state index contributed by atoms with van der Waals surface area (Å²) in [7, 11) is 1.92. The van der Waals surface area contributed by atoms with Crippen molar-refractivity contribution in [3.63, 3.8) is 0 Å². The predicted molar refractivity (Wildman–Crippen MR) is 78.9 cm³/mol. The second-order valence-electron chi connectivity index (χ2n) is 4.60. The smallest absolute Gasteiger partial charge is 0.0522 e. The van der Waals surface area contributed by atoms with Crippen LogP contribution in [0.4, 0.5) is 0 Å². The fourth-order valence-corrected chi connectivity index (χ4v) is 2.81. The molecule has 0 saturated carbocycles. The van der Waals surface area contributed by atoms with Crippen LogP contribution in [0.15, 0.2) is 36.8 Å². The standard InChI is InChI=1S/C14H13Cl2N3/c1-18-9-10(8-17-18)2-4-19-5-3-12-13(16)6-11(15)7-14(12)19/h3,5-9H,2,4H2,1H3.